The van der Waals surface area contributed by atoms with Crippen molar-refractivity contribution in [2.24, 2.45) is 0 Å². The summed E-state index contributed by atoms with van der Waals surface area (Å²) in [5.74, 6) is -0.183. The van der Waals surface area contributed by atoms with Crippen LogP contribution in [0.15, 0.2) is 30.3 Å². The molecule has 0 radical (unpaired) electrons. The summed E-state index contributed by atoms with van der Waals surface area (Å²) in [6, 6.07) is 9.10. The molecule has 0 bridgehead atoms. The zero-order valence-corrected chi connectivity index (χ0v) is 16.0. The number of hydrogen-bond acceptors (Lipinski definition) is 3. The summed E-state index contributed by atoms with van der Waals surface area (Å²) < 4.78 is 0. The summed E-state index contributed by atoms with van der Waals surface area (Å²) in [5, 5.41) is 3.94. The molecule has 0 unspecified atom stereocenters. The Morgan fingerprint density at radius 3 is 2.54 bits per heavy atom. The molecule has 0 aliphatic rings. The Labute approximate surface area is 156 Å². The summed E-state index contributed by atoms with van der Waals surface area (Å²) in [6.45, 7) is 4.24. The summed E-state index contributed by atoms with van der Waals surface area (Å²) in [4.78, 5) is 14.2. The van der Waals surface area contributed by atoms with Crippen LogP contribution >= 0.6 is 35.2 Å². The first-order valence-electron chi connectivity index (χ1n) is 7.78. The van der Waals surface area contributed by atoms with E-state index in [9.17, 15) is 4.79 Å². The summed E-state index contributed by atoms with van der Waals surface area (Å²) in [5.41, 5.74) is 7.38. The second kappa shape index (κ2) is 9.01. The molecule has 24 heavy (non-hydrogen) atoms. The molecule has 0 aliphatic carbocycles. The average molecular weight is 382 g/mol. The Kier molecular flexibility index (Phi) is 7.02. The number of hydrogen-bond donors (Lipinski definition) is 3. The molecule has 0 fully saturated rings. The highest BCUT2D eigenvalue weighted by Gasteiger charge is 2.13. The zero-order valence-electron chi connectivity index (χ0n) is 13.6. The van der Waals surface area contributed by atoms with Gasteiger partial charge < -0.3 is 5.32 Å². The fourth-order valence-corrected chi connectivity index (χ4v) is 3.73. The molecular weight excluding hydrogens is 362 g/mol. The largest absolute Gasteiger partial charge is 0.331 e. The number of amides is 1. The van der Waals surface area contributed by atoms with E-state index < -0.39 is 0 Å². The molecule has 1 aromatic heterocycles. The maximum atomic E-state index is 12.3. The highest BCUT2D eigenvalue weighted by molar-refractivity contribution is 7.80. The minimum atomic E-state index is -0.183. The van der Waals surface area contributed by atoms with E-state index >= 15 is 0 Å². The smallest absolute Gasteiger partial charge is 0.279 e. The topological polar surface area (TPSA) is 53.2 Å². The fraction of sp³-hybridized carbons (Fsp3) is 0.294. The van der Waals surface area contributed by atoms with Crippen molar-refractivity contribution in [1.82, 2.24) is 10.9 Å². The van der Waals surface area contributed by atoms with E-state index in [0.717, 1.165) is 24.9 Å². The molecular formula is C17H20ClN3OS2. The van der Waals surface area contributed by atoms with Crippen molar-refractivity contribution in [2.45, 2.75) is 33.1 Å². The van der Waals surface area contributed by atoms with Crippen LogP contribution in [0.3, 0.4) is 0 Å². The number of halogens is 1. The summed E-state index contributed by atoms with van der Waals surface area (Å²) >= 11 is 12.5. The van der Waals surface area contributed by atoms with Crippen molar-refractivity contribution in [3.63, 3.8) is 0 Å². The molecule has 3 N–H and O–H groups in total. The number of carbonyl (C=O) groups is 1. The van der Waals surface area contributed by atoms with Crippen LogP contribution in [0, 0.1) is 0 Å². The van der Waals surface area contributed by atoms with Gasteiger partial charge in [-0.3, -0.25) is 15.6 Å². The van der Waals surface area contributed by atoms with Crippen LogP contribution in [0.5, 0.6) is 0 Å². The minimum absolute atomic E-state index is 0.183. The fourth-order valence-electron chi connectivity index (χ4n) is 2.19. The van der Waals surface area contributed by atoms with Gasteiger partial charge in [0.15, 0.2) is 5.11 Å². The third-order valence-electron chi connectivity index (χ3n) is 3.37. The Morgan fingerprint density at radius 1 is 1.21 bits per heavy atom. The molecule has 0 spiro atoms. The van der Waals surface area contributed by atoms with Gasteiger partial charge in [0.05, 0.1) is 4.88 Å². The Balaban J connectivity index is 1.90. The molecule has 1 heterocycles. The van der Waals surface area contributed by atoms with Gasteiger partial charge in [-0.2, -0.15) is 0 Å². The molecule has 128 valence electrons. The second-order valence-corrected chi connectivity index (χ2v) is 7.18. The maximum Gasteiger partial charge on any atom is 0.279 e. The first kappa shape index (κ1) is 18.7. The van der Waals surface area contributed by atoms with Gasteiger partial charge in [-0.25, -0.2) is 0 Å². The molecule has 2 aromatic rings. The summed E-state index contributed by atoms with van der Waals surface area (Å²) in [7, 11) is 0. The van der Waals surface area contributed by atoms with Gasteiger partial charge in [0.2, 0.25) is 0 Å². The Morgan fingerprint density at radius 2 is 1.92 bits per heavy atom. The van der Waals surface area contributed by atoms with Crippen molar-refractivity contribution < 1.29 is 4.79 Å². The van der Waals surface area contributed by atoms with Crippen molar-refractivity contribution in [3.05, 3.63) is 50.7 Å². The van der Waals surface area contributed by atoms with Crippen LogP contribution in [0.2, 0.25) is 5.02 Å². The predicted molar refractivity (Wildman–Crippen MR) is 106 cm³/mol. The van der Waals surface area contributed by atoms with Crippen LogP contribution in [0.25, 0.3) is 0 Å². The number of carbonyl (C=O) groups excluding carboxylic acids is 1. The molecule has 1 amide bonds. The number of thiocarbonyl (C=S) groups is 1. The van der Waals surface area contributed by atoms with E-state index in [2.05, 4.69) is 30.0 Å². The highest BCUT2D eigenvalue weighted by Crippen LogP contribution is 2.24. The molecule has 4 nitrogen and oxygen atoms in total. The third-order valence-corrected chi connectivity index (χ3v) is 5.06. The molecule has 0 atom stereocenters. The molecule has 0 aliphatic heterocycles. The lowest BCUT2D eigenvalue weighted by Crippen LogP contribution is -2.43. The van der Waals surface area contributed by atoms with Gasteiger partial charge >= 0.3 is 0 Å². The zero-order chi connectivity index (χ0) is 17.5. The molecule has 0 saturated carbocycles. The second-order valence-electron chi connectivity index (χ2n) is 5.20. The Hall–Kier alpha value is -1.63. The Bertz CT molecular complexity index is 713. The van der Waals surface area contributed by atoms with E-state index in [4.69, 9.17) is 23.8 Å². The number of anilines is 1. The van der Waals surface area contributed by atoms with Crippen LogP contribution in [-0.2, 0) is 12.8 Å². The summed E-state index contributed by atoms with van der Waals surface area (Å²) in [6.07, 6.45) is 3.01. The molecule has 0 saturated heterocycles. The number of benzene rings is 1. The van der Waals surface area contributed by atoms with Crippen LogP contribution in [-0.4, -0.2) is 11.0 Å². The first-order valence-corrected chi connectivity index (χ1v) is 9.38. The lowest BCUT2D eigenvalue weighted by molar-refractivity contribution is 0.0948. The lowest BCUT2D eigenvalue weighted by atomic mass is 10.1. The standard InChI is InChI=1S/C17H20ClN3OS2/c1-3-5-14-11(4-2)10-15(24-14)16(22)20-21-17(23)19-13-8-6-12(18)7-9-13/h6-10H,3-5H2,1-2H3,(H,20,22)(H2,19,21,23). The van der Waals surface area contributed by atoms with Crippen LogP contribution in [0.4, 0.5) is 5.69 Å². The number of thiophene rings is 1. The van der Waals surface area contributed by atoms with Gasteiger partial charge in [-0.1, -0.05) is 31.9 Å². The number of aryl methyl sites for hydroxylation is 2. The van der Waals surface area contributed by atoms with Crippen molar-refractivity contribution in [2.75, 3.05) is 5.32 Å². The van der Waals surface area contributed by atoms with E-state index in [1.54, 1.807) is 23.5 Å². The van der Waals surface area contributed by atoms with Crippen LogP contribution in [0.1, 0.15) is 40.4 Å². The van der Waals surface area contributed by atoms with Crippen molar-refractivity contribution >= 4 is 51.9 Å². The third kappa shape index (κ3) is 5.19. The number of nitrogens with one attached hydrogen (secondary N) is 3. The van der Waals surface area contributed by atoms with Crippen molar-refractivity contribution in [3.8, 4) is 0 Å². The van der Waals surface area contributed by atoms with E-state index in [0.29, 0.717) is 15.0 Å². The quantitative estimate of drug-likeness (QED) is 0.525. The monoisotopic (exact) mass is 381 g/mol. The average Bonchev–Trinajstić information content (AvgIpc) is 2.98. The minimum Gasteiger partial charge on any atom is -0.331 e. The normalized spacial score (nSPS) is 10.3. The SMILES string of the molecule is CCCc1sc(C(=O)NNC(=S)Nc2ccc(Cl)cc2)cc1CC. The highest BCUT2D eigenvalue weighted by atomic mass is 35.5. The molecule has 1 aromatic carbocycles. The van der Waals surface area contributed by atoms with Gasteiger partial charge in [0, 0.05) is 15.6 Å². The van der Waals surface area contributed by atoms with Gasteiger partial charge in [0.25, 0.3) is 5.91 Å². The predicted octanol–water partition coefficient (Wildman–Crippen LogP) is 4.55. The van der Waals surface area contributed by atoms with Gasteiger partial charge in [-0.05, 0) is 61.0 Å². The lowest BCUT2D eigenvalue weighted by Gasteiger charge is -2.11. The van der Waals surface area contributed by atoms with Crippen LogP contribution < -0.4 is 16.2 Å². The number of hydrazine groups is 1. The van der Waals surface area contributed by atoms with Gasteiger partial charge in [0.1, 0.15) is 0 Å². The number of rotatable bonds is 5. The maximum absolute atomic E-state index is 12.3. The van der Waals surface area contributed by atoms with E-state index in [-0.39, 0.29) is 5.91 Å². The first-order chi connectivity index (χ1) is 11.5. The van der Waals surface area contributed by atoms with Gasteiger partial charge in [-0.15, -0.1) is 11.3 Å². The molecule has 2 rings (SSSR count). The van der Waals surface area contributed by atoms with Crippen molar-refractivity contribution in [1.29, 1.82) is 0 Å². The van der Waals surface area contributed by atoms with E-state index in [1.165, 1.54) is 10.4 Å². The molecule has 7 heteroatoms. The van der Waals surface area contributed by atoms with E-state index in [1.807, 2.05) is 18.2 Å².